The summed E-state index contributed by atoms with van der Waals surface area (Å²) in [6, 6.07) is 19.0. The first kappa shape index (κ1) is 22.4. The summed E-state index contributed by atoms with van der Waals surface area (Å²) in [7, 11) is 0. The van der Waals surface area contributed by atoms with Crippen LogP contribution < -0.4 is 5.32 Å². The van der Waals surface area contributed by atoms with E-state index in [1.54, 1.807) is 24.5 Å². The molecule has 3 heterocycles. The van der Waals surface area contributed by atoms with Gasteiger partial charge in [0.05, 0.1) is 17.7 Å². The summed E-state index contributed by atoms with van der Waals surface area (Å²) < 4.78 is 7.36. The van der Waals surface area contributed by atoms with Gasteiger partial charge in [0.25, 0.3) is 0 Å². The van der Waals surface area contributed by atoms with E-state index in [1.807, 2.05) is 59.3 Å². The van der Waals surface area contributed by atoms with Crippen molar-refractivity contribution >= 4 is 45.7 Å². The van der Waals surface area contributed by atoms with Gasteiger partial charge < -0.3 is 9.73 Å². The minimum atomic E-state index is -0.181. The molecule has 7 nitrogen and oxygen atoms in total. The molecule has 0 aliphatic carbocycles. The maximum Gasteiger partial charge on any atom is 0.236 e. The maximum atomic E-state index is 12.6. The third-order valence-corrected chi connectivity index (χ3v) is 6.83. The Hall–Kier alpha value is -3.40. The van der Waals surface area contributed by atoms with Gasteiger partial charge in [-0.05, 0) is 43.3 Å². The summed E-state index contributed by atoms with van der Waals surface area (Å²) in [6.45, 7) is 2.04. The number of rotatable bonds is 7. The number of aromatic nitrogens is 4. The SMILES string of the molecule is Cc1ccc(-c2csc(NC(=O)CSc3nnc(-c4ccco4)n3-c3ccc(Cl)cc3)n2)cc1. The Kier molecular flexibility index (Phi) is 6.48. The molecule has 0 aliphatic rings. The molecule has 5 aromatic rings. The Bertz CT molecular complexity index is 1410. The molecule has 0 radical (unpaired) electrons. The number of carbonyl (C=O) groups excluding carboxylic acids is 1. The molecule has 1 amide bonds. The number of benzene rings is 2. The van der Waals surface area contributed by atoms with E-state index in [4.69, 9.17) is 16.0 Å². The van der Waals surface area contributed by atoms with Crippen molar-refractivity contribution in [3.63, 3.8) is 0 Å². The second kappa shape index (κ2) is 9.84. The second-order valence-electron chi connectivity index (χ2n) is 7.34. The number of thiazole rings is 1. The van der Waals surface area contributed by atoms with Crippen LogP contribution in [0.15, 0.2) is 81.9 Å². The number of nitrogens with zero attached hydrogens (tertiary/aromatic N) is 4. The smallest absolute Gasteiger partial charge is 0.236 e. The van der Waals surface area contributed by atoms with Crippen LogP contribution in [0.3, 0.4) is 0 Å². The first-order valence-corrected chi connectivity index (χ1v) is 12.5. The van der Waals surface area contributed by atoms with Gasteiger partial charge in [-0.2, -0.15) is 0 Å². The highest BCUT2D eigenvalue weighted by Crippen LogP contribution is 2.29. The number of aryl methyl sites for hydroxylation is 1. The fourth-order valence-electron chi connectivity index (χ4n) is 3.23. The van der Waals surface area contributed by atoms with Crippen LogP contribution in [-0.2, 0) is 4.79 Å². The Morgan fingerprint density at radius 3 is 2.65 bits per heavy atom. The third-order valence-electron chi connectivity index (χ3n) is 4.89. The molecule has 2 aromatic carbocycles. The van der Waals surface area contributed by atoms with E-state index < -0.39 is 0 Å². The van der Waals surface area contributed by atoms with Crippen LogP contribution in [0.4, 0.5) is 5.13 Å². The summed E-state index contributed by atoms with van der Waals surface area (Å²) in [5, 5.41) is 15.1. The largest absolute Gasteiger partial charge is 0.461 e. The molecular weight excluding hydrogens is 490 g/mol. The van der Waals surface area contributed by atoms with Gasteiger partial charge in [0.15, 0.2) is 16.0 Å². The monoisotopic (exact) mass is 507 g/mol. The van der Waals surface area contributed by atoms with Crippen LogP contribution in [0.1, 0.15) is 5.56 Å². The molecule has 0 fully saturated rings. The van der Waals surface area contributed by atoms with E-state index in [0.717, 1.165) is 16.9 Å². The van der Waals surface area contributed by atoms with Gasteiger partial charge in [-0.25, -0.2) is 4.98 Å². The summed E-state index contributed by atoms with van der Waals surface area (Å²) in [4.78, 5) is 17.2. The highest BCUT2D eigenvalue weighted by atomic mass is 35.5. The minimum Gasteiger partial charge on any atom is -0.461 e. The van der Waals surface area contributed by atoms with Gasteiger partial charge in [0, 0.05) is 21.7 Å². The molecule has 170 valence electrons. The van der Waals surface area contributed by atoms with Crippen LogP contribution in [0.2, 0.25) is 5.02 Å². The Balaban J connectivity index is 1.31. The lowest BCUT2D eigenvalue weighted by atomic mass is 10.1. The number of hydrogen-bond donors (Lipinski definition) is 1. The zero-order valence-corrected chi connectivity index (χ0v) is 20.3. The Morgan fingerprint density at radius 1 is 1.12 bits per heavy atom. The van der Waals surface area contributed by atoms with Gasteiger partial charge in [-0.15, -0.1) is 21.5 Å². The van der Waals surface area contributed by atoms with E-state index in [9.17, 15) is 4.79 Å². The van der Waals surface area contributed by atoms with Crippen molar-refractivity contribution in [2.45, 2.75) is 12.1 Å². The van der Waals surface area contributed by atoms with Gasteiger partial charge in [-0.1, -0.05) is 53.2 Å². The number of amides is 1. The van der Waals surface area contributed by atoms with Crippen molar-refractivity contribution in [3.05, 3.63) is 82.9 Å². The molecule has 10 heteroatoms. The lowest BCUT2D eigenvalue weighted by Gasteiger charge is -2.09. The van der Waals surface area contributed by atoms with Crippen molar-refractivity contribution in [3.8, 4) is 28.5 Å². The van der Waals surface area contributed by atoms with E-state index >= 15 is 0 Å². The highest BCUT2D eigenvalue weighted by molar-refractivity contribution is 7.99. The molecule has 0 aliphatic heterocycles. The van der Waals surface area contributed by atoms with E-state index in [-0.39, 0.29) is 11.7 Å². The number of anilines is 1. The average molecular weight is 508 g/mol. The molecule has 0 spiro atoms. The summed E-state index contributed by atoms with van der Waals surface area (Å²) in [5.74, 6) is 1.08. The fourth-order valence-corrected chi connectivity index (χ4v) is 4.84. The number of hydrogen-bond acceptors (Lipinski definition) is 7. The molecule has 0 bridgehead atoms. The van der Waals surface area contributed by atoms with Crippen molar-refractivity contribution in [2.75, 3.05) is 11.1 Å². The Morgan fingerprint density at radius 2 is 1.91 bits per heavy atom. The van der Waals surface area contributed by atoms with Gasteiger partial charge in [0.1, 0.15) is 0 Å². The molecular formula is C24H18ClN5O2S2. The van der Waals surface area contributed by atoms with E-state index in [0.29, 0.717) is 26.9 Å². The summed E-state index contributed by atoms with van der Waals surface area (Å²) >= 11 is 8.73. The molecule has 0 saturated heterocycles. The predicted octanol–water partition coefficient (Wildman–Crippen LogP) is 6.34. The quantitative estimate of drug-likeness (QED) is 0.258. The standard InChI is InChI=1S/C24H18ClN5O2S2/c1-15-4-6-16(7-5-15)19-13-33-23(26-19)27-21(31)14-34-24-29-28-22(20-3-2-12-32-20)30(24)18-10-8-17(25)9-11-18/h2-13H,14H2,1H3,(H,26,27,31). The average Bonchev–Trinajstić information content (AvgIpc) is 3.60. The van der Waals surface area contributed by atoms with E-state index in [1.165, 1.54) is 28.7 Å². The zero-order chi connectivity index (χ0) is 23.5. The fraction of sp³-hybridized carbons (Fsp3) is 0.0833. The normalized spacial score (nSPS) is 11.0. The van der Waals surface area contributed by atoms with Crippen molar-refractivity contribution < 1.29 is 9.21 Å². The Labute approximate surface area is 208 Å². The summed E-state index contributed by atoms with van der Waals surface area (Å²) in [5.41, 5.74) is 3.84. The zero-order valence-electron chi connectivity index (χ0n) is 17.9. The van der Waals surface area contributed by atoms with Gasteiger partial charge in [-0.3, -0.25) is 9.36 Å². The third kappa shape index (κ3) is 4.91. The van der Waals surface area contributed by atoms with Crippen molar-refractivity contribution in [1.29, 1.82) is 0 Å². The number of halogens is 1. The molecule has 0 atom stereocenters. The predicted molar refractivity (Wildman–Crippen MR) is 136 cm³/mol. The topological polar surface area (TPSA) is 85.8 Å². The molecule has 3 aromatic heterocycles. The van der Waals surface area contributed by atoms with Gasteiger partial charge in [0.2, 0.25) is 11.7 Å². The number of nitrogens with one attached hydrogen (secondary N) is 1. The lowest BCUT2D eigenvalue weighted by Crippen LogP contribution is -2.14. The number of thioether (sulfide) groups is 1. The van der Waals surface area contributed by atoms with Crippen LogP contribution in [0, 0.1) is 6.92 Å². The van der Waals surface area contributed by atoms with E-state index in [2.05, 4.69) is 20.5 Å². The number of carbonyl (C=O) groups is 1. The highest BCUT2D eigenvalue weighted by Gasteiger charge is 2.19. The van der Waals surface area contributed by atoms with Crippen molar-refractivity contribution in [2.24, 2.45) is 0 Å². The van der Waals surface area contributed by atoms with Crippen LogP contribution in [-0.4, -0.2) is 31.4 Å². The molecule has 0 unspecified atom stereocenters. The minimum absolute atomic E-state index is 0.142. The van der Waals surface area contributed by atoms with Crippen LogP contribution in [0.25, 0.3) is 28.5 Å². The first-order chi connectivity index (χ1) is 16.6. The van der Waals surface area contributed by atoms with Crippen LogP contribution in [0.5, 0.6) is 0 Å². The lowest BCUT2D eigenvalue weighted by molar-refractivity contribution is -0.113. The maximum absolute atomic E-state index is 12.6. The molecule has 1 N–H and O–H groups in total. The van der Waals surface area contributed by atoms with Gasteiger partial charge >= 0.3 is 0 Å². The van der Waals surface area contributed by atoms with Crippen molar-refractivity contribution in [1.82, 2.24) is 19.7 Å². The number of furan rings is 1. The molecule has 34 heavy (non-hydrogen) atoms. The molecule has 0 saturated carbocycles. The van der Waals surface area contributed by atoms with Crippen LogP contribution >= 0.6 is 34.7 Å². The summed E-state index contributed by atoms with van der Waals surface area (Å²) in [6.07, 6.45) is 1.58. The molecule has 5 rings (SSSR count). The first-order valence-electron chi connectivity index (χ1n) is 10.3. The second-order valence-corrected chi connectivity index (χ2v) is 9.57.